The smallest absolute Gasteiger partial charge is 0.329 e. The van der Waals surface area contributed by atoms with Crippen molar-refractivity contribution in [2.24, 2.45) is 0 Å². The van der Waals surface area contributed by atoms with Gasteiger partial charge in [0.1, 0.15) is 6.04 Å². The van der Waals surface area contributed by atoms with Crippen LogP contribution in [0.5, 0.6) is 0 Å². The second kappa shape index (κ2) is 8.43. The van der Waals surface area contributed by atoms with Gasteiger partial charge in [0, 0.05) is 18.9 Å². The highest BCUT2D eigenvalue weighted by Gasteiger charge is 2.21. The summed E-state index contributed by atoms with van der Waals surface area (Å²) in [6.07, 6.45) is 3.23. The lowest BCUT2D eigenvalue weighted by Gasteiger charge is -2.15. The van der Waals surface area contributed by atoms with Gasteiger partial charge in [-0.05, 0) is 37.6 Å². The van der Waals surface area contributed by atoms with Crippen LogP contribution in [0.2, 0.25) is 0 Å². The van der Waals surface area contributed by atoms with E-state index in [2.05, 4.69) is 15.6 Å². The average Bonchev–Trinajstić information content (AvgIpc) is 2.60. The molecule has 1 heterocycles. The van der Waals surface area contributed by atoms with E-state index in [1.165, 1.54) is 19.1 Å². The number of amides is 3. The summed E-state index contributed by atoms with van der Waals surface area (Å²) in [7, 11) is -4.00. The number of nitrogens with zero attached hydrogens (tertiary/aromatic N) is 1. The zero-order valence-corrected chi connectivity index (χ0v) is 15.2. The van der Waals surface area contributed by atoms with E-state index in [1.807, 2.05) is 11.6 Å². The molecule has 2 aromatic rings. The van der Waals surface area contributed by atoms with Crippen LogP contribution in [0.25, 0.3) is 0 Å². The van der Waals surface area contributed by atoms with Crippen LogP contribution in [0, 0.1) is 6.92 Å². The van der Waals surface area contributed by atoms with Gasteiger partial charge in [0.25, 0.3) is 10.0 Å². The van der Waals surface area contributed by atoms with Crippen molar-refractivity contribution in [3.8, 4) is 0 Å². The summed E-state index contributed by atoms with van der Waals surface area (Å²) in [4.78, 5) is 27.8. The maximum absolute atomic E-state index is 12.1. The van der Waals surface area contributed by atoms with E-state index in [1.54, 1.807) is 36.7 Å². The molecule has 0 bridgehead atoms. The molecule has 2 rings (SSSR count). The second-order valence-corrected chi connectivity index (χ2v) is 7.38. The molecule has 0 spiro atoms. The van der Waals surface area contributed by atoms with Crippen molar-refractivity contribution in [3.63, 3.8) is 0 Å². The first kappa shape index (κ1) is 19.4. The molecular formula is C17H20N4O4S. The molecule has 26 heavy (non-hydrogen) atoms. The second-order valence-electron chi connectivity index (χ2n) is 5.69. The van der Waals surface area contributed by atoms with Crippen LogP contribution in [0.1, 0.15) is 18.1 Å². The van der Waals surface area contributed by atoms with Crippen molar-refractivity contribution >= 4 is 22.0 Å². The van der Waals surface area contributed by atoms with E-state index >= 15 is 0 Å². The third-order valence-electron chi connectivity index (χ3n) is 3.49. The molecule has 1 aromatic carbocycles. The van der Waals surface area contributed by atoms with Crippen LogP contribution >= 0.6 is 0 Å². The Morgan fingerprint density at radius 3 is 2.46 bits per heavy atom. The number of pyridine rings is 1. The van der Waals surface area contributed by atoms with E-state index < -0.39 is 28.0 Å². The van der Waals surface area contributed by atoms with Crippen LogP contribution in [0.3, 0.4) is 0 Å². The number of aryl methyl sites for hydroxylation is 1. The molecule has 0 aliphatic heterocycles. The average molecular weight is 376 g/mol. The zero-order valence-electron chi connectivity index (χ0n) is 14.4. The fourth-order valence-electron chi connectivity index (χ4n) is 2.03. The Hall–Kier alpha value is -2.94. The standard InChI is InChI=1S/C17H20N4O4S/c1-12-5-7-15(8-6-12)26(24,25)21-17(23)20-13(2)16(22)19-11-14-4-3-9-18-10-14/h3-10,13H,11H2,1-2H3,(H,19,22)(H2,20,21,23)/t13-/m0/s1. The Morgan fingerprint density at radius 2 is 1.85 bits per heavy atom. The lowest BCUT2D eigenvalue weighted by atomic mass is 10.2. The van der Waals surface area contributed by atoms with Crippen molar-refractivity contribution in [3.05, 3.63) is 59.9 Å². The van der Waals surface area contributed by atoms with Gasteiger partial charge in [-0.2, -0.15) is 0 Å². The minimum atomic E-state index is -4.00. The predicted molar refractivity (Wildman–Crippen MR) is 95.6 cm³/mol. The number of nitrogens with one attached hydrogen (secondary N) is 3. The molecule has 138 valence electrons. The normalized spacial score (nSPS) is 12.1. The number of aromatic nitrogens is 1. The number of benzene rings is 1. The van der Waals surface area contributed by atoms with Gasteiger partial charge in [-0.3, -0.25) is 9.78 Å². The summed E-state index contributed by atoms with van der Waals surface area (Å²) < 4.78 is 26.2. The zero-order chi connectivity index (χ0) is 19.2. The fourth-order valence-corrected chi connectivity index (χ4v) is 2.95. The van der Waals surface area contributed by atoms with Crippen LogP contribution < -0.4 is 15.4 Å². The number of rotatable bonds is 6. The molecule has 3 amide bonds. The molecule has 0 saturated heterocycles. The van der Waals surface area contributed by atoms with Gasteiger partial charge in [-0.15, -0.1) is 0 Å². The Kier molecular flexibility index (Phi) is 6.29. The lowest BCUT2D eigenvalue weighted by Crippen LogP contribution is -2.49. The third-order valence-corrected chi connectivity index (χ3v) is 4.84. The van der Waals surface area contributed by atoms with Gasteiger partial charge in [-0.25, -0.2) is 17.9 Å². The molecule has 3 N–H and O–H groups in total. The summed E-state index contributed by atoms with van der Waals surface area (Å²) in [5.74, 6) is -0.447. The molecule has 0 radical (unpaired) electrons. The van der Waals surface area contributed by atoms with E-state index in [0.29, 0.717) is 0 Å². The van der Waals surface area contributed by atoms with E-state index in [-0.39, 0.29) is 11.4 Å². The van der Waals surface area contributed by atoms with Crippen molar-refractivity contribution in [1.29, 1.82) is 0 Å². The third kappa shape index (κ3) is 5.55. The summed E-state index contributed by atoms with van der Waals surface area (Å²) in [6, 6.07) is 7.69. The Labute approximate surface area is 152 Å². The number of sulfonamides is 1. The first-order valence-corrected chi connectivity index (χ1v) is 9.33. The maximum Gasteiger partial charge on any atom is 0.329 e. The Bertz CT molecular complexity index is 867. The topological polar surface area (TPSA) is 117 Å². The van der Waals surface area contributed by atoms with Gasteiger partial charge in [0.2, 0.25) is 5.91 Å². The number of hydrogen-bond donors (Lipinski definition) is 3. The quantitative estimate of drug-likeness (QED) is 0.697. The molecular weight excluding hydrogens is 356 g/mol. The van der Waals surface area contributed by atoms with E-state index in [9.17, 15) is 18.0 Å². The van der Waals surface area contributed by atoms with Crippen molar-refractivity contribution < 1.29 is 18.0 Å². The van der Waals surface area contributed by atoms with Crippen molar-refractivity contribution in [2.45, 2.75) is 31.3 Å². The van der Waals surface area contributed by atoms with Crippen molar-refractivity contribution in [2.75, 3.05) is 0 Å². The van der Waals surface area contributed by atoms with Gasteiger partial charge in [0.05, 0.1) is 4.90 Å². The highest BCUT2D eigenvalue weighted by atomic mass is 32.2. The van der Waals surface area contributed by atoms with Gasteiger partial charge >= 0.3 is 6.03 Å². The van der Waals surface area contributed by atoms with Crippen LogP contribution in [-0.2, 0) is 21.4 Å². The SMILES string of the molecule is Cc1ccc(S(=O)(=O)NC(=O)N[C@@H](C)C(=O)NCc2cccnc2)cc1. The molecule has 1 atom stereocenters. The highest BCUT2D eigenvalue weighted by molar-refractivity contribution is 7.90. The molecule has 9 heteroatoms. The van der Waals surface area contributed by atoms with Crippen LogP contribution in [0.15, 0.2) is 53.7 Å². The summed E-state index contributed by atoms with van der Waals surface area (Å²) in [5.41, 5.74) is 1.70. The van der Waals surface area contributed by atoms with Crippen LogP contribution in [0.4, 0.5) is 4.79 Å². The number of hydrogen-bond acceptors (Lipinski definition) is 5. The molecule has 0 saturated carbocycles. The van der Waals surface area contributed by atoms with Crippen LogP contribution in [-0.4, -0.2) is 31.4 Å². The first-order chi connectivity index (χ1) is 12.3. The Balaban J connectivity index is 1.87. The van der Waals surface area contributed by atoms with Gasteiger partial charge < -0.3 is 10.6 Å². The summed E-state index contributed by atoms with van der Waals surface area (Å²) in [5, 5.41) is 4.93. The van der Waals surface area contributed by atoms with Gasteiger partial charge in [0.15, 0.2) is 0 Å². The summed E-state index contributed by atoms with van der Waals surface area (Å²) in [6.45, 7) is 3.53. The van der Waals surface area contributed by atoms with Crippen molar-refractivity contribution in [1.82, 2.24) is 20.3 Å². The minimum absolute atomic E-state index is 0.0352. The number of urea groups is 1. The molecule has 0 fully saturated rings. The predicted octanol–water partition coefficient (Wildman–Crippen LogP) is 1.08. The number of carbonyl (C=O) groups is 2. The van der Waals surface area contributed by atoms with E-state index in [4.69, 9.17) is 0 Å². The molecule has 0 unspecified atom stereocenters. The summed E-state index contributed by atoms with van der Waals surface area (Å²) >= 11 is 0. The van der Waals surface area contributed by atoms with Gasteiger partial charge in [-0.1, -0.05) is 23.8 Å². The van der Waals surface area contributed by atoms with E-state index in [0.717, 1.165) is 11.1 Å². The molecule has 0 aliphatic carbocycles. The maximum atomic E-state index is 12.1. The molecule has 1 aromatic heterocycles. The molecule has 0 aliphatic rings. The highest BCUT2D eigenvalue weighted by Crippen LogP contribution is 2.09. The largest absolute Gasteiger partial charge is 0.350 e. The Morgan fingerprint density at radius 1 is 1.15 bits per heavy atom. The lowest BCUT2D eigenvalue weighted by molar-refractivity contribution is -0.122. The first-order valence-electron chi connectivity index (χ1n) is 7.84. The number of carbonyl (C=O) groups excluding carboxylic acids is 2. The monoisotopic (exact) mass is 376 g/mol. The minimum Gasteiger partial charge on any atom is -0.350 e. The molecule has 8 nitrogen and oxygen atoms in total. The fraction of sp³-hybridized carbons (Fsp3) is 0.235.